The van der Waals surface area contributed by atoms with Gasteiger partial charge >= 0.3 is 0 Å². The van der Waals surface area contributed by atoms with E-state index in [1.807, 2.05) is 11.8 Å². The van der Waals surface area contributed by atoms with Crippen LogP contribution in [0.15, 0.2) is 48.5 Å². The second-order valence-corrected chi connectivity index (χ2v) is 7.03. The number of halogens is 1. The summed E-state index contributed by atoms with van der Waals surface area (Å²) < 4.78 is 18.3. The number of rotatable bonds is 6. The van der Waals surface area contributed by atoms with E-state index in [4.69, 9.17) is 4.74 Å². The molecule has 1 unspecified atom stereocenters. The summed E-state index contributed by atoms with van der Waals surface area (Å²) in [5.74, 6) is -0.359. The van der Waals surface area contributed by atoms with Gasteiger partial charge in [-0.3, -0.25) is 9.59 Å². The highest BCUT2D eigenvalue weighted by molar-refractivity contribution is 5.96. The number of morpholine rings is 1. The van der Waals surface area contributed by atoms with Gasteiger partial charge in [0.25, 0.3) is 5.91 Å². The van der Waals surface area contributed by atoms with Crippen LogP contribution in [0.3, 0.4) is 0 Å². The predicted octanol–water partition coefficient (Wildman–Crippen LogP) is 3.65. The molecule has 1 fully saturated rings. The summed E-state index contributed by atoms with van der Waals surface area (Å²) in [5.41, 5.74) is 2.27. The fraction of sp³-hybridized carbons (Fsp3) is 0.364. The zero-order valence-electron chi connectivity index (χ0n) is 16.0. The van der Waals surface area contributed by atoms with Gasteiger partial charge in [0.1, 0.15) is 5.82 Å². The normalized spacial score (nSPS) is 16.6. The summed E-state index contributed by atoms with van der Waals surface area (Å²) in [7, 11) is 0. The lowest BCUT2D eigenvalue weighted by atomic mass is 10.1. The molecule has 0 spiro atoms. The maximum Gasteiger partial charge on any atom is 0.254 e. The highest BCUT2D eigenvalue weighted by atomic mass is 19.1. The van der Waals surface area contributed by atoms with E-state index in [0.29, 0.717) is 43.9 Å². The second kappa shape index (κ2) is 9.46. The number of nitrogens with one attached hydrogen (secondary N) is 1. The van der Waals surface area contributed by atoms with Gasteiger partial charge in [0.05, 0.1) is 19.3 Å². The summed E-state index contributed by atoms with van der Waals surface area (Å²) in [5, 5.41) is 2.85. The number of nitrogens with zero attached hydrogens (tertiary/aromatic N) is 1. The molecule has 0 aliphatic carbocycles. The molecule has 1 aliphatic heterocycles. The van der Waals surface area contributed by atoms with E-state index in [0.717, 1.165) is 12.0 Å². The third-order valence-corrected chi connectivity index (χ3v) is 4.83. The van der Waals surface area contributed by atoms with Gasteiger partial charge in [0.15, 0.2) is 0 Å². The topological polar surface area (TPSA) is 58.6 Å². The van der Waals surface area contributed by atoms with Crippen molar-refractivity contribution in [2.75, 3.05) is 25.1 Å². The molecule has 0 saturated carbocycles. The molecule has 6 heteroatoms. The van der Waals surface area contributed by atoms with E-state index in [1.165, 1.54) is 12.1 Å². The maximum absolute atomic E-state index is 12.9. The molecule has 28 heavy (non-hydrogen) atoms. The number of carbonyl (C=O) groups is 2. The van der Waals surface area contributed by atoms with Crippen LogP contribution < -0.4 is 5.32 Å². The first-order valence-electron chi connectivity index (χ1n) is 9.56. The Labute approximate surface area is 164 Å². The van der Waals surface area contributed by atoms with Crippen LogP contribution in [0.1, 0.15) is 35.7 Å². The molecular weight excluding hydrogens is 359 g/mol. The molecule has 0 radical (unpaired) electrons. The van der Waals surface area contributed by atoms with Gasteiger partial charge in [0, 0.05) is 24.2 Å². The zero-order valence-corrected chi connectivity index (χ0v) is 16.0. The quantitative estimate of drug-likeness (QED) is 0.827. The average Bonchev–Trinajstić information content (AvgIpc) is 2.70. The molecule has 3 rings (SSSR count). The van der Waals surface area contributed by atoms with Crippen LogP contribution in [-0.4, -0.2) is 42.5 Å². The molecule has 2 amide bonds. The van der Waals surface area contributed by atoms with E-state index in [9.17, 15) is 14.0 Å². The monoisotopic (exact) mass is 384 g/mol. The Balaban J connectivity index is 1.47. The molecule has 148 valence electrons. The molecule has 2 aromatic rings. The molecule has 1 aliphatic rings. The first-order chi connectivity index (χ1) is 13.5. The van der Waals surface area contributed by atoms with E-state index < -0.39 is 0 Å². The van der Waals surface area contributed by atoms with Crippen LogP contribution in [0.2, 0.25) is 0 Å². The summed E-state index contributed by atoms with van der Waals surface area (Å²) in [6, 6.07) is 13.3. The minimum Gasteiger partial charge on any atom is -0.377 e. The number of ether oxygens (including phenoxy) is 1. The largest absolute Gasteiger partial charge is 0.377 e. The van der Waals surface area contributed by atoms with Crippen molar-refractivity contribution in [3.8, 4) is 0 Å². The Bertz CT molecular complexity index is 806. The van der Waals surface area contributed by atoms with Crippen molar-refractivity contribution in [2.24, 2.45) is 0 Å². The lowest BCUT2D eigenvalue weighted by Crippen LogP contribution is -2.47. The van der Waals surface area contributed by atoms with Crippen molar-refractivity contribution in [2.45, 2.75) is 32.2 Å². The molecule has 1 N–H and O–H groups in total. The third-order valence-electron chi connectivity index (χ3n) is 4.83. The molecule has 1 heterocycles. The second-order valence-electron chi connectivity index (χ2n) is 7.03. The summed E-state index contributed by atoms with van der Waals surface area (Å²) >= 11 is 0. The Morgan fingerprint density at radius 1 is 1.14 bits per heavy atom. The van der Waals surface area contributed by atoms with Crippen molar-refractivity contribution in [3.05, 3.63) is 65.5 Å². The molecule has 2 aromatic carbocycles. The average molecular weight is 384 g/mol. The van der Waals surface area contributed by atoms with Gasteiger partial charge < -0.3 is 15.0 Å². The highest BCUT2D eigenvalue weighted by Crippen LogP contribution is 2.16. The lowest BCUT2D eigenvalue weighted by molar-refractivity contribution is -0.116. The smallest absolute Gasteiger partial charge is 0.254 e. The molecular formula is C22H25FN2O3. The third kappa shape index (κ3) is 5.39. The SMILES string of the molecule is CC1COCCN1C(=O)c1ccc(NC(=O)CCCc2ccc(F)cc2)cc1. The minimum atomic E-state index is -0.258. The molecule has 5 nitrogen and oxygen atoms in total. The fourth-order valence-corrected chi connectivity index (χ4v) is 3.22. The molecule has 1 atom stereocenters. The van der Waals surface area contributed by atoms with Crippen molar-refractivity contribution in [3.63, 3.8) is 0 Å². The minimum absolute atomic E-state index is 0.0204. The van der Waals surface area contributed by atoms with E-state index >= 15 is 0 Å². The molecule has 1 saturated heterocycles. The first-order valence-corrected chi connectivity index (χ1v) is 9.56. The number of benzene rings is 2. The van der Waals surface area contributed by atoms with Crippen LogP contribution >= 0.6 is 0 Å². The van der Waals surface area contributed by atoms with Crippen molar-refractivity contribution >= 4 is 17.5 Å². The van der Waals surface area contributed by atoms with Crippen LogP contribution in [-0.2, 0) is 16.0 Å². The number of anilines is 1. The summed E-state index contributed by atoms with van der Waals surface area (Å²) in [4.78, 5) is 26.5. The van der Waals surface area contributed by atoms with Gasteiger partial charge in [0.2, 0.25) is 5.91 Å². The Morgan fingerprint density at radius 2 is 1.86 bits per heavy atom. The Hall–Kier alpha value is -2.73. The standard InChI is InChI=1S/C22H25FN2O3/c1-16-15-28-14-13-25(16)22(27)18-7-11-20(12-8-18)24-21(26)4-2-3-17-5-9-19(23)10-6-17/h5-12,16H,2-4,13-15H2,1H3,(H,24,26). The number of hydrogen-bond donors (Lipinski definition) is 1. The van der Waals surface area contributed by atoms with Crippen LogP contribution in [0.5, 0.6) is 0 Å². The maximum atomic E-state index is 12.9. The Morgan fingerprint density at radius 3 is 2.54 bits per heavy atom. The van der Waals surface area contributed by atoms with Gasteiger partial charge in [-0.1, -0.05) is 12.1 Å². The number of aryl methyl sites for hydroxylation is 1. The lowest BCUT2D eigenvalue weighted by Gasteiger charge is -2.33. The van der Waals surface area contributed by atoms with Crippen molar-refractivity contribution in [1.82, 2.24) is 4.90 Å². The van der Waals surface area contributed by atoms with E-state index in [2.05, 4.69) is 5.32 Å². The number of carbonyl (C=O) groups excluding carboxylic acids is 2. The van der Waals surface area contributed by atoms with Crippen LogP contribution in [0, 0.1) is 5.82 Å². The van der Waals surface area contributed by atoms with Crippen LogP contribution in [0.4, 0.5) is 10.1 Å². The van der Waals surface area contributed by atoms with E-state index in [-0.39, 0.29) is 23.7 Å². The van der Waals surface area contributed by atoms with Gasteiger partial charge in [-0.2, -0.15) is 0 Å². The zero-order chi connectivity index (χ0) is 19.9. The van der Waals surface area contributed by atoms with Crippen molar-refractivity contribution < 1.29 is 18.7 Å². The van der Waals surface area contributed by atoms with Gasteiger partial charge in [-0.15, -0.1) is 0 Å². The van der Waals surface area contributed by atoms with Gasteiger partial charge in [-0.05, 0) is 61.7 Å². The summed E-state index contributed by atoms with van der Waals surface area (Å²) in [6.45, 7) is 3.67. The molecule has 0 aromatic heterocycles. The summed E-state index contributed by atoms with van der Waals surface area (Å²) in [6.07, 6.45) is 1.78. The number of hydrogen-bond acceptors (Lipinski definition) is 3. The van der Waals surface area contributed by atoms with Crippen molar-refractivity contribution in [1.29, 1.82) is 0 Å². The first kappa shape index (κ1) is 20.0. The van der Waals surface area contributed by atoms with Crippen LogP contribution in [0.25, 0.3) is 0 Å². The molecule has 0 bridgehead atoms. The van der Waals surface area contributed by atoms with E-state index in [1.54, 1.807) is 36.4 Å². The predicted molar refractivity (Wildman–Crippen MR) is 106 cm³/mol. The Kier molecular flexibility index (Phi) is 6.76. The fourth-order valence-electron chi connectivity index (χ4n) is 3.22. The number of amides is 2. The van der Waals surface area contributed by atoms with Gasteiger partial charge in [-0.25, -0.2) is 4.39 Å². The highest BCUT2D eigenvalue weighted by Gasteiger charge is 2.24.